The number of allylic oxidation sites excluding steroid dienone is 4. The van der Waals surface area contributed by atoms with Gasteiger partial charge < -0.3 is 4.57 Å². The molecule has 0 bridgehead atoms. The Labute approximate surface area is 200 Å². The highest BCUT2D eigenvalue weighted by Gasteiger charge is 2.37. The van der Waals surface area contributed by atoms with Gasteiger partial charge >= 0.3 is 0 Å². The Kier molecular flexibility index (Phi) is 6.88. The lowest BCUT2D eigenvalue weighted by Crippen LogP contribution is -2.20. The SMILES string of the molecule is CCC/C=C(\C1=Cc2ccccc2/C1=C\[Si](C)(C)C)P(=O)(c1ccccc1)c1ccccc1. The van der Waals surface area contributed by atoms with E-state index in [1.165, 1.54) is 16.7 Å². The van der Waals surface area contributed by atoms with E-state index in [-0.39, 0.29) is 0 Å². The molecule has 0 heterocycles. The number of hydrogen-bond donors (Lipinski definition) is 0. The van der Waals surface area contributed by atoms with Crippen LogP contribution < -0.4 is 10.6 Å². The normalized spacial score (nSPS) is 15.5. The number of fused-ring (bicyclic) bond motifs is 1. The second-order valence-electron chi connectivity index (χ2n) is 9.73. The molecular weight excluding hydrogens is 435 g/mol. The number of hydrogen-bond acceptors (Lipinski definition) is 1. The summed E-state index contributed by atoms with van der Waals surface area (Å²) in [5.74, 6) is 0. The van der Waals surface area contributed by atoms with Crippen LogP contribution in [0.3, 0.4) is 0 Å². The second kappa shape index (κ2) is 9.67. The number of rotatable bonds is 7. The van der Waals surface area contributed by atoms with E-state index in [4.69, 9.17) is 0 Å². The fourth-order valence-corrected chi connectivity index (χ4v) is 8.57. The Morgan fingerprint density at radius 3 is 1.91 bits per heavy atom. The lowest BCUT2D eigenvalue weighted by Gasteiger charge is -2.26. The summed E-state index contributed by atoms with van der Waals surface area (Å²) in [6.45, 7) is 9.27. The Hall–Kier alpha value is -2.67. The molecule has 1 aliphatic rings. The van der Waals surface area contributed by atoms with Crippen LogP contribution in [0, 0.1) is 0 Å². The topological polar surface area (TPSA) is 17.1 Å². The van der Waals surface area contributed by atoms with E-state index in [0.717, 1.165) is 34.3 Å². The molecule has 1 nitrogen and oxygen atoms in total. The molecule has 0 amide bonds. The molecule has 1 aliphatic carbocycles. The van der Waals surface area contributed by atoms with Gasteiger partial charge in [0.05, 0.1) is 8.07 Å². The molecule has 0 fully saturated rings. The second-order valence-corrected chi connectivity index (χ2v) is 17.5. The summed E-state index contributed by atoms with van der Waals surface area (Å²) in [6.07, 6.45) is 6.42. The lowest BCUT2D eigenvalue weighted by molar-refractivity contribution is 0.591. The third-order valence-electron chi connectivity index (χ3n) is 5.90. The molecule has 3 aromatic rings. The van der Waals surface area contributed by atoms with Crippen LogP contribution in [0.2, 0.25) is 19.6 Å². The standard InChI is InChI=1S/C30H33OPSi/c1-5-6-21-30(28-22-24-15-13-14-20-27(24)29(28)23-33(2,3)4)32(31,25-16-9-7-10-17-25)26-18-11-8-12-19-26/h7-23H,5-6H2,1-4H3/b29-23+,30-21+. The van der Waals surface area contributed by atoms with Gasteiger partial charge in [0.1, 0.15) is 0 Å². The van der Waals surface area contributed by atoms with Crippen LogP contribution in [0.15, 0.2) is 108 Å². The van der Waals surface area contributed by atoms with Crippen LogP contribution in [-0.4, -0.2) is 8.07 Å². The number of unbranched alkanes of at least 4 members (excludes halogenated alkanes) is 1. The van der Waals surface area contributed by atoms with Crippen molar-refractivity contribution in [1.82, 2.24) is 0 Å². The molecule has 0 N–H and O–H groups in total. The van der Waals surface area contributed by atoms with E-state index in [0.29, 0.717) is 0 Å². The summed E-state index contributed by atoms with van der Waals surface area (Å²) in [7, 11) is -4.62. The van der Waals surface area contributed by atoms with Gasteiger partial charge in [0.15, 0.2) is 7.14 Å². The predicted molar refractivity (Wildman–Crippen MR) is 148 cm³/mol. The van der Waals surface area contributed by atoms with Crippen LogP contribution in [0.4, 0.5) is 0 Å². The van der Waals surface area contributed by atoms with Crippen molar-refractivity contribution < 1.29 is 4.57 Å². The number of benzene rings is 3. The maximum Gasteiger partial charge on any atom is 0.171 e. The predicted octanol–water partition coefficient (Wildman–Crippen LogP) is 8.04. The molecule has 168 valence electrons. The van der Waals surface area contributed by atoms with Gasteiger partial charge in [-0.25, -0.2) is 0 Å². The van der Waals surface area contributed by atoms with E-state index in [2.05, 4.69) is 68.7 Å². The molecule has 0 spiro atoms. The minimum atomic E-state index is -3.08. The lowest BCUT2D eigenvalue weighted by atomic mass is 10.0. The van der Waals surface area contributed by atoms with Gasteiger partial charge in [0.2, 0.25) is 0 Å². The first-order valence-electron chi connectivity index (χ1n) is 11.8. The van der Waals surface area contributed by atoms with Crippen molar-refractivity contribution in [1.29, 1.82) is 0 Å². The quantitative estimate of drug-likeness (QED) is 0.253. The van der Waals surface area contributed by atoms with Gasteiger partial charge in [0, 0.05) is 15.9 Å². The first kappa shape index (κ1) is 23.5. The van der Waals surface area contributed by atoms with Crippen LogP contribution in [-0.2, 0) is 4.57 Å². The van der Waals surface area contributed by atoms with Crippen molar-refractivity contribution in [3.8, 4) is 0 Å². The largest absolute Gasteiger partial charge is 0.309 e. The molecule has 0 unspecified atom stereocenters. The van der Waals surface area contributed by atoms with Crippen molar-refractivity contribution in [3.63, 3.8) is 0 Å². The van der Waals surface area contributed by atoms with Crippen molar-refractivity contribution in [2.45, 2.75) is 39.4 Å². The third-order valence-corrected chi connectivity index (χ3v) is 10.2. The molecule has 3 heteroatoms. The van der Waals surface area contributed by atoms with Gasteiger partial charge in [0.25, 0.3) is 0 Å². The first-order valence-corrected chi connectivity index (χ1v) is 17.1. The fourth-order valence-electron chi connectivity index (χ4n) is 4.44. The van der Waals surface area contributed by atoms with E-state index in [1.807, 2.05) is 60.7 Å². The Bertz CT molecular complexity index is 1220. The monoisotopic (exact) mass is 468 g/mol. The minimum absolute atomic E-state index is 0.891. The van der Waals surface area contributed by atoms with Gasteiger partial charge in [-0.3, -0.25) is 0 Å². The molecule has 0 atom stereocenters. The summed E-state index contributed by atoms with van der Waals surface area (Å²) in [5.41, 5.74) is 7.32. The molecule has 0 aromatic heterocycles. The average Bonchev–Trinajstić information content (AvgIpc) is 3.17. The first-order chi connectivity index (χ1) is 15.8. The molecule has 4 rings (SSSR count). The smallest absolute Gasteiger partial charge is 0.171 e. The van der Waals surface area contributed by atoms with E-state index in [1.54, 1.807) is 0 Å². The van der Waals surface area contributed by atoms with E-state index >= 15 is 4.57 Å². The Morgan fingerprint density at radius 1 is 0.818 bits per heavy atom. The van der Waals surface area contributed by atoms with Crippen molar-refractivity contribution in [2.75, 3.05) is 0 Å². The van der Waals surface area contributed by atoms with E-state index in [9.17, 15) is 0 Å². The zero-order chi connectivity index (χ0) is 23.5. The van der Waals surface area contributed by atoms with Crippen LogP contribution >= 0.6 is 7.14 Å². The highest BCUT2D eigenvalue weighted by molar-refractivity contribution is 7.82. The Balaban J connectivity index is 2.02. The summed E-state index contributed by atoms with van der Waals surface area (Å²) in [5, 5.41) is 2.76. The summed E-state index contributed by atoms with van der Waals surface area (Å²) in [6, 6.07) is 28.7. The van der Waals surface area contributed by atoms with Crippen LogP contribution in [0.25, 0.3) is 11.6 Å². The molecule has 0 radical (unpaired) electrons. The molecular formula is C30H33OPSi. The van der Waals surface area contributed by atoms with Gasteiger partial charge in [-0.2, -0.15) is 0 Å². The molecule has 0 aliphatic heterocycles. The summed E-state index contributed by atoms with van der Waals surface area (Å²) < 4.78 is 15.3. The highest BCUT2D eigenvalue weighted by atomic mass is 31.2. The van der Waals surface area contributed by atoms with Crippen molar-refractivity contribution in [2.24, 2.45) is 0 Å². The third kappa shape index (κ3) is 4.83. The highest BCUT2D eigenvalue weighted by Crippen LogP contribution is 2.59. The summed E-state index contributed by atoms with van der Waals surface area (Å²) >= 11 is 0. The van der Waals surface area contributed by atoms with E-state index < -0.39 is 15.2 Å². The van der Waals surface area contributed by atoms with Crippen LogP contribution in [0.1, 0.15) is 30.9 Å². The zero-order valence-electron chi connectivity index (χ0n) is 20.1. The van der Waals surface area contributed by atoms with Crippen LogP contribution in [0.5, 0.6) is 0 Å². The van der Waals surface area contributed by atoms with Gasteiger partial charge in [-0.1, -0.05) is 130 Å². The summed E-state index contributed by atoms with van der Waals surface area (Å²) in [4.78, 5) is 0. The molecule has 33 heavy (non-hydrogen) atoms. The van der Waals surface area contributed by atoms with Gasteiger partial charge in [-0.15, -0.1) is 0 Å². The Morgan fingerprint density at radius 2 is 1.36 bits per heavy atom. The molecule has 3 aromatic carbocycles. The molecule has 0 saturated carbocycles. The fraction of sp³-hybridized carbons (Fsp3) is 0.200. The molecule has 0 saturated heterocycles. The minimum Gasteiger partial charge on any atom is -0.309 e. The average molecular weight is 469 g/mol. The zero-order valence-corrected chi connectivity index (χ0v) is 22.0. The van der Waals surface area contributed by atoms with Gasteiger partial charge in [-0.05, 0) is 34.8 Å². The maximum atomic E-state index is 15.3. The van der Waals surface area contributed by atoms with Crippen molar-refractivity contribution >= 4 is 37.5 Å². The van der Waals surface area contributed by atoms with Crippen molar-refractivity contribution in [3.05, 3.63) is 119 Å². The maximum absolute atomic E-state index is 15.3.